The van der Waals surface area contributed by atoms with E-state index in [4.69, 9.17) is 5.11 Å². The van der Waals surface area contributed by atoms with E-state index in [-0.39, 0.29) is 36.0 Å². The van der Waals surface area contributed by atoms with E-state index in [9.17, 15) is 9.59 Å². The maximum absolute atomic E-state index is 10.0. The molecule has 0 radical (unpaired) electrons. The quantitative estimate of drug-likeness (QED) is 0.317. The van der Waals surface area contributed by atoms with E-state index in [1.165, 1.54) is 6.92 Å². The Bertz CT molecular complexity index is 111. The van der Waals surface area contributed by atoms with Gasteiger partial charge in [0.15, 0.2) is 0 Å². The van der Waals surface area contributed by atoms with Crippen molar-refractivity contribution in [2.75, 3.05) is 0 Å². The van der Waals surface area contributed by atoms with E-state index in [1.54, 1.807) is 0 Å². The maximum atomic E-state index is 10.0. The Morgan fingerprint density at radius 1 is 1.56 bits per heavy atom. The van der Waals surface area contributed by atoms with Gasteiger partial charge >= 0.3 is 41.7 Å². The molecule has 48 valence electrons. The fourth-order valence-electron chi connectivity index (χ4n) is 0.170. The molecule has 0 saturated carbocycles. The summed E-state index contributed by atoms with van der Waals surface area (Å²) in [4.78, 5) is 19.5. The third kappa shape index (κ3) is 7.94. The zero-order valence-corrected chi connectivity index (χ0v) is 4.38. The molecule has 0 bridgehead atoms. The van der Waals surface area contributed by atoms with Crippen molar-refractivity contribution in [3.8, 4) is 0 Å². The molecular weight excluding hydrogens is 135 g/mol. The zero-order valence-electron chi connectivity index (χ0n) is 4.38. The van der Waals surface area contributed by atoms with Crippen LogP contribution < -0.4 is 0 Å². The van der Waals surface area contributed by atoms with E-state index >= 15 is 0 Å². The average Bonchev–Trinajstić information content (AvgIpc) is 1.65. The molecule has 0 unspecified atom stereocenters. The first-order valence-electron chi connectivity index (χ1n) is 2.10. The van der Waals surface area contributed by atoms with Gasteiger partial charge in [0.1, 0.15) is 0 Å². The topological polar surface area (TPSA) is 63.6 Å². The summed E-state index contributed by atoms with van der Waals surface area (Å²) in [5.74, 6) is -0.725. The van der Waals surface area contributed by atoms with Crippen LogP contribution in [0.15, 0.2) is 0 Å². The summed E-state index contributed by atoms with van der Waals surface area (Å²) in [6.45, 7) is 1.52. The molecule has 4 nitrogen and oxygen atoms in total. The van der Waals surface area contributed by atoms with Gasteiger partial charge in [0, 0.05) is 6.42 Å². The number of carboxylic acid groups (broad SMARTS) is 1. The van der Waals surface area contributed by atoms with Gasteiger partial charge in [-0.1, -0.05) is 6.92 Å². The number of hydrogen-bond acceptors (Lipinski definition) is 3. The minimum absolute atomic E-state index is 0. The van der Waals surface area contributed by atoms with Gasteiger partial charge in [-0.05, 0) is 0 Å². The van der Waals surface area contributed by atoms with Crippen LogP contribution in [0.5, 0.6) is 0 Å². The van der Waals surface area contributed by atoms with Crippen LogP contribution in [0, 0.1) is 0 Å². The Kier molecular flexibility index (Phi) is 7.89. The molecular formula is C4H7NaO4. The second kappa shape index (κ2) is 6.07. The molecule has 1 N–H and O–H groups in total. The van der Waals surface area contributed by atoms with E-state index in [1.807, 2.05) is 0 Å². The van der Waals surface area contributed by atoms with E-state index < -0.39 is 12.1 Å². The van der Waals surface area contributed by atoms with Crippen molar-refractivity contribution in [1.82, 2.24) is 0 Å². The number of carbonyl (C=O) groups is 2. The van der Waals surface area contributed by atoms with Crippen molar-refractivity contribution < 1.29 is 19.4 Å². The Labute approximate surface area is 74.5 Å². The zero-order chi connectivity index (χ0) is 6.57. The van der Waals surface area contributed by atoms with Crippen molar-refractivity contribution in [2.24, 2.45) is 0 Å². The number of hydrogen-bond donors (Lipinski definition) is 1. The summed E-state index contributed by atoms with van der Waals surface area (Å²) in [6.07, 6.45) is -1.45. The Balaban J connectivity index is 0. The van der Waals surface area contributed by atoms with Gasteiger partial charge in [-0.3, -0.25) is 4.79 Å². The Hall–Kier alpha value is -0.0600. The molecule has 0 fully saturated rings. The molecule has 0 heterocycles. The van der Waals surface area contributed by atoms with Crippen molar-refractivity contribution in [1.29, 1.82) is 0 Å². The second-order valence-corrected chi connectivity index (χ2v) is 1.09. The molecule has 0 aliphatic heterocycles. The van der Waals surface area contributed by atoms with E-state index in [0.29, 0.717) is 0 Å². The third-order valence-electron chi connectivity index (χ3n) is 0.490. The van der Waals surface area contributed by atoms with Crippen LogP contribution >= 0.6 is 0 Å². The van der Waals surface area contributed by atoms with Crippen molar-refractivity contribution in [2.45, 2.75) is 13.3 Å². The predicted octanol–water partition coefficient (Wildman–Crippen LogP) is -0.0309. The van der Waals surface area contributed by atoms with Gasteiger partial charge in [-0.2, -0.15) is 0 Å². The molecule has 0 spiro atoms. The third-order valence-corrected chi connectivity index (χ3v) is 0.490. The van der Waals surface area contributed by atoms with Gasteiger partial charge in [0.25, 0.3) is 0 Å². The fraction of sp³-hybridized carbons (Fsp3) is 0.500. The van der Waals surface area contributed by atoms with Crippen LogP contribution in [-0.2, 0) is 9.53 Å². The monoisotopic (exact) mass is 142 g/mol. The predicted molar refractivity (Wildman–Crippen MR) is 31.6 cm³/mol. The van der Waals surface area contributed by atoms with Crippen molar-refractivity contribution in [3.63, 3.8) is 0 Å². The minimum atomic E-state index is -1.54. The van der Waals surface area contributed by atoms with Gasteiger partial charge in [-0.15, -0.1) is 0 Å². The molecule has 0 aliphatic carbocycles. The van der Waals surface area contributed by atoms with Crippen LogP contribution in [0.25, 0.3) is 0 Å². The second-order valence-electron chi connectivity index (χ2n) is 1.09. The summed E-state index contributed by atoms with van der Waals surface area (Å²) in [6, 6.07) is 0. The molecule has 9 heavy (non-hydrogen) atoms. The van der Waals surface area contributed by atoms with Gasteiger partial charge in [0.05, 0.1) is 0 Å². The first-order chi connectivity index (χ1) is 3.66. The van der Waals surface area contributed by atoms with Crippen LogP contribution in [0.1, 0.15) is 13.3 Å². The summed E-state index contributed by atoms with van der Waals surface area (Å²) in [5, 5.41) is 7.77. The van der Waals surface area contributed by atoms with Gasteiger partial charge < -0.3 is 9.84 Å². The summed E-state index contributed by atoms with van der Waals surface area (Å²) >= 11 is 0. The number of rotatable bonds is 1. The molecule has 0 rings (SSSR count). The fourth-order valence-corrected chi connectivity index (χ4v) is 0.170. The summed E-state index contributed by atoms with van der Waals surface area (Å²) in [7, 11) is 0. The normalized spacial score (nSPS) is 7.22. The van der Waals surface area contributed by atoms with Gasteiger partial charge in [0.2, 0.25) is 0 Å². The van der Waals surface area contributed by atoms with Crippen LogP contribution in [0.3, 0.4) is 0 Å². The molecule has 0 aromatic carbocycles. The van der Waals surface area contributed by atoms with Gasteiger partial charge in [-0.25, -0.2) is 4.79 Å². The standard InChI is InChI=1S/C4H6O4.Na.H/c1-2-3(5)8-4(6)7;;/h2H2,1H3,(H,6,7);;. The average molecular weight is 142 g/mol. The molecule has 0 aromatic rings. The summed E-state index contributed by atoms with van der Waals surface area (Å²) < 4.78 is 3.68. The van der Waals surface area contributed by atoms with E-state index in [0.717, 1.165) is 0 Å². The first-order valence-corrected chi connectivity index (χ1v) is 2.10. The molecule has 0 aromatic heterocycles. The van der Waals surface area contributed by atoms with Crippen LogP contribution in [-0.4, -0.2) is 46.8 Å². The Morgan fingerprint density at radius 2 is 2.00 bits per heavy atom. The van der Waals surface area contributed by atoms with Crippen LogP contribution in [0.2, 0.25) is 0 Å². The molecule has 0 atom stereocenters. The van der Waals surface area contributed by atoms with Crippen molar-refractivity contribution >= 4 is 41.7 Å². The number of esters is 1. The number of carbonyl (C=O) groups excluding carboxylic acids is 1. The SMILES string of the molecule is CCC(=O)OC(=O)O.[NaH]. The first kappa shape index (κ1) is 11.7. The molecule has 0 saturated heterocycles. The van der Waals surface area contributed by atoms with E-state index in [2.05, 4.69) is 4.74 Å². The van der Waals surface area contributed by atoms with Crippen molar-refractivity contribution in [3.05, 3.63) is 0 Å². The number of ether oxygens (including phenoxy) is 1. The van der Waals surface area contributed by atoms with Crippen LogP contribution in [0.4, 0.5) is 4.79 Å². The summed E-state index contributed by atoms with van der Waals surface area (Å²) in [5.41, 5.74) is 0. The molecule has 0 aliphatic rings. The molecule has 0 amide bonds. The molecule has 5 heteroatoms. The Morgan fingerprint density at radius 3 is 2.11 bits per heavy atom.